The zero-order valence-electron chi connectivity index (χ0n) is 9.73. The molecule has 1 fully saturated rings. The Morgan fingerprint density at radius 2 is 2.18 bits per heavy atom. The summed E-state index contributed by atoms with van der Waals surface area (Å²) >= 11 is 4.59. The molecule has 2 rings (SSSR count). The predicted molar refractivity (Wildman–Crippen MR) is 73.8 cm³/mol. The molecule has 3 nitrogen and oxygen atoms in total. The smallest absolute Gasteiger partial charge is 0.206 e. The van der Waals surface area contributed by atoms with Crippen LogP contribution in [0.15, 0.2) is 20.1 Å². The normalized spacial score (nSPS) is 23.5. The monoisotopic (exact) mass is 337 g/mol. The Labute approximate surface area is 115 Å². The average Bonchev–Trinajstić information content (AvgIpc) is 2.57. The average molecular weight is 338 g/mol. The maximum Gasteiger partial charge on any atom is 0.253 e. The highest BCUT2D eigenvalue weighted by Gasteiger charge is 2.29. The highest BCUT2D eigenvalue weighted by atomic mass is 79.9. The Kier molecular flexibility index (Phi) is 4.28. The molecule has 1 aliphatic rings. The fourth-order valence-corrected chi connectivity index (χ4v) is 6.00. The second-order valence-electron chi connectivity index (χ2n) is 4.50. The lowest BCUT2D eigenvalue weighted by Crippen LogP contribution is -2.31. The van der Waals surface area contributed by atoms with E-state index in [1.54, 1.807) is 15.8 Å². The first-order chi connectivity index (χ1) is 8.01. The van der Waals surface area contributed by atoms with Crippen LogP contribution in [-0.4, -0.2) is 25.8 Å². The minimum atomic E-state index is -3.29. The largest absolute Gasteiger partial charge is 0.253 e. The fraction of sp³-hybridized carbons (Fsp3) is 0.636. The molecule has 0 N–H and O–H groups in total. The summed E-state index contributed by atoms with van der Waals surface area (Å²) in [5, 5.41) is 1.80. The highest BCUT2D eigenvalue weighted by molar-refractivity contribution is 9.10. The number of sulfonamides is 1. The maximum atomic E-state index is 12.4. The molecule has 1 aromatic heterocycles. The van der Waals surface area contributed by atoms with Crippen molar-refractivity contribution in [2.45, 2.75) is 30.4 Å². The van der Waals surface area contributed by atoms with Crippen LogP contribution in [0.4, 0.5) is 0 Å². The summed E-state index contributed by atoms with van der Waals surface area (Å²) < 4.78 is 27.6. The van der Waals surface area contributed by atoms with Crippen LogP contribution in [-0.2, 0) is 10.0 Å². The number of hydrogen-bond acceptors (Lipinski definition) is 3. The van der Waals surface area contributed by atoms with Gasteiger partial charge in [0, 0.05) is 17.6 Å². The SMILES string of the molecule is CC1CCCN(S(=O)(=O)c2sccc2Br)CC1. The fourth-order valence-electron chi connectivity index (χ4n) is 2.06. The third-order valence-corrected chi connectivity index (χ3v) is 7.68. The lowest BCUT2D eigenvalue weighted by Gasteiger charge is -2.19. The van der Waals surface area contributed by atoms with Gasteiger partial charge in [-0.15, -0.1) is 11.3 Å². The number of hydrogen-bond donors (Lipinski definition) is 0. The van der Waals surface area contributed by atoms with Crippen LogP contribution < -0.4 is 0 Å². The van der Waals surface area contributed by atoms with Crippen molar-refractivity contribution >= 4 is 37.3 Å². The van der Waals surface area contributed by atoms with Gasteiger partial charge in [0.2, 0.25) is 0 Å². The van der Waals surface area contributed by atoms with Gasteiger partial charge < -0.3 is 0 Å². The van der Waals surface area contributed by atoms with Crippen LogP contribution in [0.2, 0.25) is 0 Å². The Balaban J connectivity index is 2.24. The van der Waals surface area contributed by atoms with Gasteiger partial charge in [-0.2, -0.15) is 4.31 Å². The summed E-state index contributed by atoms with van der Waals surface area (Å²) in [6.45, 7) is 3.49. The third kappa shape index (κ3) is 2.92. The van der Waals surface area contributed by atoms with E-state index in [-0.39, 0.29) is 0 Å². The molecule has 2 heterocycles. The lowest BCUT2D eigenvalue weighted by atomic mass is 10.0. The third-order valence-electron chi connectivity index (χ3n) is 3.13. The number of thiophene rings is 1. The predicted octanol–water partition coefficient (Wildman–Crippen LogP) is 3.32. The van der Waals surface area contributed by atoms with E-state index >= 15 is 0 Å². The topological polar surface area (TPSA) is 37.4 Å². The zero-order chi connectivity index (χ0) is 12.5. The highest BCUT2D eigenvalue weighted by Crippen LogP contribution is 2.31. The molecule has 0 aromatic carbocycles. The van der Waals surface area contributed by atoms with Gasteiger partial charge in [0.15, 0.2) is 0 Å². The molecule has 17 heavy (non-hydrogen) atoms. The number of rotatable bonds is 2. The lowest BCUT2D eigenvalue weighted by molar-refractivity contribution is 0.418. The van der Waals surface area contributed by atoms with Gasteiger partial charge in [0.05, 0.1) is 0 Å². The molecule has 6 heteroatoms. The van der Waals surface area contributed by atoms with Crippen molar-refractivity contribution in [2.24, 2.45) is 5.92 Å². The first kappa shape index (κ1) is 13.5. The molecule has 96 valence electrons. The molecule has 0 spiro atoms. The molecule has 1 saturated heterocycles. The minimum Gasteiger partial charge on any atom is -0.206 e. The minimum absolute atomic E-state index is 0.437. The zero-order valence-corrected chi connectivity index (χ0v) is 12.9. The quantitative estimate of drug-likeness (QED) is 0.830. The standard InChI is InChI=1S/C11H16BrNO2S2/c1-9-3-2-6-13(7-4-9)17(14,15)11-10(12)5-8-16-11/h5,8-9H,2-4,6-7H2,1H3. The molecular weight excluding hydrogens is 322 g/mol. The second kappa shape index (κ2) is 5.38. The van der Waals surface area contributed by atoms with E-state index in [2.05, 4.69) is 22.9 Å². The van der Waals surface area contributed by atoms with E-state index in [4.69, 9.17) is 0 Å². The van der Waals surface area contributed by atoms with Crippen molar-refractivity contribution in [1.82, 2.24) is 4.31 Å². The first-order valence-corrected chi connectivity index (χ1v) is 8.86. The molecular formula is C11H16BrNO2S2. The Morgan fingerprint density at radius 1 is 1.41 bits per heavy atom. The molecule has 0 bridgehead atoms. The second-order valence-corrected chi connectivity index (χ2v) is 8.40. The van der Waals surface area contributed by atoms with Gasteiger partial charge >= 0.3 is 0 Å². The van der Waals surface area contributed by atoms with Crippen molar-refractivity contribution in [3.8, 4) is 0 Å². The summed E-state index contributed by atoms with van der Waals surface area (Å²) in [6.07, 6.45) is 3.04. The van der Waals surface area contributed by atoms with Crippen LogP contribution in [0.1, 0.15) is 26.2 Å². The molecule has 1 aromatic rings. The number of halogens is 1. The van der Waals surface area contributed by atoms with Gasteiger partial charge in [0.25, 0.3) is 10.0 Å². The van der Waals surface area contributed by atoms with Gasteiger partial charge in [-0.1, -0.05) is 6.92 Å². The van der Waals surface area contributed by atoms with E-state index in [9.17, 15) is 8.42 Å². The molecule has 0 amide bonds. The van der Waals surface area contributed by atoms with Crippen molar-refractivity contribution in [3.63, 3.8) is 0 Å². The van der Waals surface area contributed by atoms with E-state index in [1.807, 2.05) is 0 Å². The van der Waals surface area contributed by atoms with Gasteiger partial charge in [-0.25, -0.2) is 8.42 Å². The molecule has 1 unspecified atom stereocenters. The van der Waals surface area contributed by atoms with E-state index < -0.39 is 10.0 Å². The van der Waals surface area contributed by atoms with Crippen molar-refractivity contribution in [3.05, 3.63) is 15.9 Å². The van der Waals surface area contributed by atoms with Crippen molar-refractivity contribution in [2.75, 3.05) is 13.1 Å². The van der Waals surface area contributed by atoms with Crippen LogP contribution in [0.5, 0.6) is 0 Å². The summed E-state index contributed by atoms with van der Waals surface area (Å²) in [7, 11) is -3.29. The van der Waals surface area contributed by atoms with Gasteiger partial charge in [-0.3, -0.25) is 0 Å². The summed E-state index contributed by atoms with van der Waals surface area (Å²) in [4.78, 5) is 0. The molecule has 0 saturated carbocycles. The van der Waals surface area contributed by atoms with Crippen LogP contribution >= 0.6 is 27.3 Å². The van der Waals surface area contributed by atoms with Gasteiger partial charge in [-0.05, 0) is 52.6 Å². The van der Waals surface area contributed by atoms with Crippen LogP contribution in [0.3, 0.4) is 0 Å². The first-order valence-electron chi connectivity index (χ1n) is 5.75. The van der Waals surface area contributed by atoms with Crippen molar-refractivity contribution < 1.29 is 8.42 Å². The Bertz CT molecular complexity index is 483. The molecule has 1 atom stereocenters. The summed E-state index contributed by atoms with van der Waals surface area (Å²) in [6, 6.07) is 1.79. The Morgan fingerprint density at radius 3 is 2.82 bits per heavy atom. The van der Waals surface area contributed by atoms with E-state index in [0.29, 0.717) is 27.7 Å². The summed E-state index contributed by atoms with van der Waals surface area (Å²) in [5.41, 5.74) is 0. The maximum absolute atomic E-state index is 12.4. The van der Waals surface area contributed by atoms with Crippen LogP contribution in [0.25, 0.3) is 0 Å². The van der Waals surface area contributed by atoms with E-state index in [0.717, 1.165) is 19.3 Å². The Hall–Kier alpha value is 0.0900. The van der Waals surface area contributed by atoms with Crippen molar-refractivity contribution in [1.29, 1.82) is 0 Å². The molecule has 1 aliphatic heterocycles. The molecule has 0 radical (unpaired) electrons. The van der Waals surface area contributed by atoms with E-state index in [1.165, 1.54) is 11.3 Å². The van der Waals surface area contributed by atoms with Gasteiger partial charge in [0.1, 0.15) is 4.21 Å². The summed E-state index contributed by atoms with van der Waals surface area (Å²) in [5.74, 6) is 0.627. The van der Waals surface area contributed by atoms with Crippen LogP contribution in [0, 0.1) is 5.92 Å². The number of nitrogens with zero attached hydrogens (tertiary/aromatic N) is 1. The molecule has 0 aliphatic carbocycles.